The zero-order chi connectivity index (χ0) is 21.0. The molecule has 0 unspecified atom stereocenters. The van der Waals surface area contributed by atoms with Crippen LogP contribution >= 0.6 is 12.2 Å². The Morgan fingerprint density at radius 2 is 1.76 bits per heavy atom. The first-order valence-corrected chi connectivity index (χ1v) is 9.34. The van der Waals surface area contributed by atoms with Gasteiger partial charge in [-0.05, 0) is 67.5 Å². The molecule has 1 aromatic heterocycles. The van der Waals surface area contributed by atoms with Crippen LogP contribution in [-0.2, 0) is 0 Å². The molecule has 2 N–H and O–H groups in total. The molecule has 0 bridgehead atoms. The quantitative estimate of drug-likeness (QED) is 0.594. The predicted octanol–water partition coefficient (Wildman–Crippen LogP) is 4.71. The van der Waals surface area contributed by atoms with E-state index in [2.05, 4.69) is 10.6 Å². The van der Waals surface area contributed by atoms with Gasteiger partial charge in [-0.1, -0.05) is 12.1 Å². The van der Waals surface area contributed by atoms with Crippen molar-refractivity contribution in [1.82, 2.24) is 5.32 Å². The first kappa shape index (κ1) is 20.4. The van der Waals surface area contributed by atoms with Gasteiger partial charge in [-0.3, -0.25) is 10.1 Å². The van der Waals surface area contributed by atoms with Crippen LogP contribution in [0.4, 0.5) is 5.69 Å². The summed E-state index contributed by atoms with van der Waals surface area (Å²) in [5.74, 6) is 1.54. The van der Waals surface area contributed by atoms with Gasteiger partial charge in [0.25, 0.3) is 5.91 Å². The van der Waals surface area contributed by atoms with E-state index in [1.807, 2.05) is 32.0 Å². The molecule has 3 aromatic rings. The van der Waals surface area contributed by atoms with Crippen molar-refractivity contribution in [3.05, 3.63) is 65.4 Å². The monoisotopic (exact) mass is 410 g/mol. The molecule has 0 aliphatic carbocycles. The fourth-order valence-corrected chi connectivity index (χ4v) is 2.94. The minimum Gasteiger partial charge on any atom is -0.497 e. The summed E-state index contributed by atoms with van der Waals surface area (Å²) in [6.07, 6.45) is 0. The van der Waals surface area contributed by atoms with Gasteiger partial charge in [-0.15, -0.1) is 0 Å². The Labute approximate surface area is 174 Å². The number of furan rings is 1. The molecular formula is C22H22N2O4S. The van der Waals surface area contributed by atoms with Gasteiger partial charge in [0.2, 0.25) is 0 Å². The lowest BCUT2D eigenvalue weighted by Gasteiger charge is -2.13. The average Bonchev–Trinajstić information content (AvgIpc) is 3.20. The van der Waals surface area contributed by atoms with E-state index < -0.39 is 5.91 Å². The highest BCUT2D eigenvalue weighted by atomic mass is 32.1. The lowest BCUT2D eigenvalue weighted by molar-refractivity contribution is 0.0951. The van der Waals surface area contributed by atoms with Crippen molar-refractivity contribution in [1.29, 1.82) is 0 Å². The number of benzene rings is 2. The summed E-state index contributed by atoms with van der Waals surface area (Å²) in [7, 11) is 3.11. The van der Waals surface area contributed by atoms with E-state index >= 15 is 0 Å². The first-order chi connectivity index (χ1) is 13.9. The van der Waals surface area contributed by atoms with Crippen LogP contribution in [0.2, 0.25) is 0 Å². The molecule has 0 saturated heterocycles. The maximum absolute atomic E-state index is 12.5. The zero-order valence-corrected chi connectivity index (χ0v) is 17.5. The van der Waals surface area contributed by atoms with Crippen molar-refractivity contribution >= 4 is 28.9 Å². The van der Waals surface area contributed by atoms with Gasteiger partial charge < -0.3 is 19.2 Å². The summed E-state index contributed by atoms with van der Waals surface area (Å²) in [5.41, 5.74) is 3.84. The van der Waals surface area contributed by atoms with Crippen LogP contribution in [0.3, 0.4) is 0 Å². The van der Waals surface area contributed by atoms with Gasteiger partial charge in [0.15, 0.2) is 10.9 Å². The van der Waals surface area contributed by atoms with E-state index in [1.54, 1.807) is 44.6 Å². The molecule has 1 amide bonds. The smallest absolute Gasteiger partial charge is 0.293 e. The minimum absolute atomic E-state index is 0.116. The topological polar surface area (TPSA) is 72.7 Å². The average molecular weight is 410 g/mol. The molecule has 0 aliphatic rings. The van der Waals surface area contributed by atoms with Gasteiger partial charge in [0.05, 0.1) is 19.9 Å². The molecule has 2 aromatic carbocycles. The summed E-state index contributed by atoms with van der Waals surface area (Å²) in [4.78, 5) is 12.5. The van der Waals surface area contributed by atoms with Crippen LogP contribution in [-0.4, -0.2) is 25.2 Å². The van der Waals surface area contributed by atoms with E-state index in [1.165, 1.54) is 5.56 Å². The van der Waals surface area contributed by atoms with Crippen LogP contribution in [0.25, 0.3) is 11.3 Å². The van der Waals surface area contributed by atoms with Crippen LogP contribution < -0.4 is 20.1 Å². The second-order valence-corrected chi connectivity index (χ2v) is 6.85. The SMILES string of the molecule is COc1ccc(OC)c(NC(=S)NC(=O)c2ccc(-c3ccc(C)c(C)c3)o2)c1. The summed E-state index contributed by atoms with van der Waals surface area (Å²) in [6.45, 7) is 4.08. The summed E-state index contributed by atoms with van der Waals surface area (Å²) < 4.78 is 16.2. The second-order valence-electron chi connectivity index (χ2n) is 6.44. The number of carbonyl (C=O) groups excluding carboxylic acids is 1. The Hall–Kier alpha value is -3.32. The van der Waals surface area contributed by atoms with Gasteiger partial charge in [0.1, 0.15) is 17.3 Å². The standard InChI is InChI=1S/C22H22N2O4S/c1-13-5-6-15(11-14(13)2)18-9-10-20(28-18)21(25)24-22(29)23-17-12-16(26-3)7-8-19(17)27-4/h5-12H,1-4H3,(H2,23,24,25,29). The Morgan fingerprint density at radius 3 is 2.45 bits per heavy atom. The van der Waals surface area contributed by atoms with Crippen LogP contribution in [0.1, 0.15) is 21.7 Å². The third-order valence-electron chi connectivity index (χ3n) is 4.50. The molecule has 1 heterocycles. The van der Waals surface area contributed by atoms with Crippen LogP contribution in [0, 0.1) is 13.8 Å². The number of methoxy groups -OCH3 is 2. The van der Waals surface area contributed by atoms with Crippen LogP contribution in [0.5, 0.6) is 11.5 Å². The highest BCUT2D eigenvalue weighted by Crippen LogP contribution is 2.29. The van der Waals surface area contributed by atoms with Crippen molar-refractivity contribution < 1.29 is 18.7 Å². The highest BCUT2D eigenvalue weighted by Gasteiger charge is 2.15. The molecular weight excluding hydrogens is 388 g/mol. The number of anilines is 1. The van der Waals surface area contributed by atoms with E-state index in [9.17, 15) is 4.79 Å². The van der Waals surface area contributed by atoms with Crippen molar-refractivity contribution in [3.63, 3.8) is 0 Å². The van der Waals surface area contributed by atoms with Crippen molar-refractivity contribution in [2.24, 2.45) is 0 Å². The molecule has 0 atom stereocenters. The normalized spacial score (nSPS) is 10.3. The molecule has 0 radical (unpaired) electrons. The van der Waals surface area contributed by atoms with Gasteiger partial charge in [-0.25, -0.2) is 0 Å². The number of ether oxygens (including phenoxy) is 2. The molecule has 150 valence electrons. The minimum atomic E-state index is -0.445. The molecule has 7 heteroatoms. The third kappa shape index (κ3) is 4.75. The maximum Gasteiger partial charge on any atom is 0.293 e. The third-order valence-corrected chi connectivity index (χ3v) is 4.71. The molecule has 0 saturated carbocycles. The van der Waals surface area contributed by atoms with Crippen molar-refractivity contribution in [3.8, 4) is 22.8 Å². The second kappa shape index (κ2) is 8.79. The first-order valence-electron chi connectivity index (χ1n) is 8.93. The number of nitrogens with one attached hydrogen (secondary N) is 2. The molecule has 29 heavy (non-hydrogen) atoms. The maximum atomic E-state index is 12.5. The number of hydrogen-bond acceptors (Lipinski definition) is 5. The van der Waals surface area contributed by atoms with E-state index in [0.717, 1.165) is 11.1 Å². The Kier molecular flexibility index (Phi) is 6.19. The van der Waals surface area contributed by atoms with E-state index in [0.29, 0.717) is 22.9 Å². The number of carbonyl (C=O) groups is 1. The van der Waals surface area contributed by atoms with Crippen molar-refractivity contribution in [2.75, 3.05) is 19.5 Å². The molecule has 0 aliphatic heterocycles. The summed E-state index contributed by atoms with van der Waals surface area (Å²) in [5, 5.41) is 5.67. The molecule has 0 fully saturated rings. The summed E-state index contributed by atoms with van der Waals surface area (Å²) >= 11 is 5.25. The number of thiocarbonyl (C=S) groups is 1. The lowest BCUT2D eigenvalue weighted by Crippen LogP contribution is -2.34. The predicted molar refractivity (Wildman–Crippen MR) is 117 cm³/mol. The zero-order valence-electron chi connectivity index (χ0n) is 16.7. The fourth-order valence-electron chi connectivity index (χ4n) is 2.74. The molecule has 0 spiro atoms. The van der Waals surface area contributed by atoms with E-state index in [-0.39, 0.29) is 10.9 Å². The highest BCUT2D eigenvalue weighted by molar-refractivity contribution is 7.80. The Balaban J connectivity index is 1.70. The van der Waals surface area contributed by atoms with Crippen LogP contribution in [0.15, 0.2) is 52.9 Å². The lowest BCUT2D eigenvalue weighted by atomic mass is 10.1. The largest absolute Gasteiger partial charge is 0.497 e. The number of amides is 1. The number of rotatable bonds is 5. The number of aryl methyl sites for hydroxylation is 2. The molecule has 6 nitrogen and oxygen atoms in total. The Morgan fingerprint density at radius 1 is 0.966 bits per heavy atom. The molecule has 3 rings (SSSR count). The van der Waals surface area contributed by atoms with Crippen molar-refractivity contribution in [2.45, 2.75) is 13.8 Å². The van der Waals surface area contributed by atoms with E-state index in [4.69, 9.17) is 26.1 Å². The Bertz CT molecular complexity index is 1060. The van der Waals surface area contributed by atoms with Gasteiger partial charge >= 0.3 is 0 Å². The van der Waals surface area contributed by atoms with Gasteiger partial charge in [-0.2, -0.15) is 0 Å². The fraction of sp³-hybridized carbons (Fsp3) is 0.182. The number of hydrogen-bond donors (Lipinski definition) is 2. The summed E-state index contributed by atoms with van der Waals surface area (Å²) in [6, 6.07) is 14.6. The van der Waals surface area contributed by atoms with Gasteiger partial charge in [0, 0.05) is 11.6 Å².